The van der Waals surface area contributed by atoms with Crippen molar-refractivity contribution in [1.29, 1.82) is 0 Å². The first-order valence-electron chi connectivity index (χ1n) is 9.93. The van der Waals surface area contributed by atoms with Crippen molar-refractivity contribution >= 4 is 5.97 Å². The molecule has 7 nitrogen and oxygen atoms in total. The van der Waals surface area contributed by atoms with Gasteiger partial charge in [0.25, 0.3) is 0 Å². The van der Waals surface area contributed by atoms with Crippen LogP contribution in [0.25, 0.3) is 0 Å². The maximum Gasteiger partial charge on any atom is 0.303 e. The van der Waals surface area contributed by atoms with Gasteiger partial charge in [0.15, 0.2) is 0 Å². The number of piperidine rings is 1. The molecule has 0 radical (unpaired) electrons. The van der Waals surface area contributed by atoms with E-state index in [1.165, 1.54) is 0 Å². The van der Waals surface area contributed by atoms with E-state index in [2.05, 4.69) is 38.2 Å². The molecule has 2 aliphatic rings. The molecule has 1 aromatic rings. The van der Waals surface area contributed by atoms with Gasteiger partial charge in [-0.3, -0.25) is 14.6 Å². The molecule has 1 aromatic heterocycles. The van der Waals surface area contributed by atoms with Gasteiger partial charge in [-0.15, -0.1) is 0 Å². The third-order valence-corrected chi connectivity index (χ3v) is 6.02. The number of carbonyl (C=O) groups is 1. The van der Waals surface area contributed by atoms with E-state index in [9.17, 15) is 4.79 Å². The largest absolute Gasteiger partial charge is 0.481 e. The minimum atomic E-state index is -0.680. The van der Waals surface area contributed by atoms with Crippen molar-refractivity contribution in [3.8, 4) is 0 Å². The average molecular weight is 364 g/mol. The third-order valence-electron chi connectivity index (χ3n) is 6.02. The maximum atomic E-state index is 11.1. The standard InChI is InChI=1S/C19H33N5O2/c1-3-23-9-7-20-18(23)15-22-8-6-17(16(14-22)4-5-19(25)26)24-12-10-21(2)11-13-24/h7,9,16-17H,3-6,8,10-15H2,1-2H3,(H,25,26)/t16-,17+/m0/s1. The van der Waals surface area contributed by atoms with Gasteiger partial charge < -0.3 is 14.6 Å². The normalized spacial score (nSPS) is 26.2. The first-order chi connectivity index (χ1) is 12.6. The van der Waals surface area contributed by atoms with Crippen molar-refractivity contribution in [2.45, 2.75) is 45.3 Å². The second-order valence-corrected chi connectivity index (χ2v) is 7.75. The number of piperazine rings is 1. The topological polar surface area (TPSA) is 64.8 Å². The van der Waals surface area contributed by atoms with Crippen LogP contribution in [0, 0.1) is 5.92 Å². The van der Waals surface area contributed by atoms with E-state index < -0.39 is 5.97 Å². The van der Waals surface area contributed by atoms with Crippen molar-refractivity contribution in [2.24, 2.45) is 5.92 Å². The maximum absolute atomic E-state index is 11.1. The molecule has 7 heteroatoms. The van der Waals surface area contributed by atoms with Crippen LogP contribution in [0.5, 0.6) is 0 Å². The summed E-state index contributed by atoms with van der Waals surface area (Å²) in [6.07, 6.45) is 6.07. The van der Waals surface area contributed by atoms with Gasteiger partial charge in [-0.25, -0.2) is 4.98 Å². The highest BCUT2D eigenvalue weighted by Crippen LogP contribution is 2.28. The van der Waals surface area contributed by atoms with E-state index in [0.29, 0.717) is 12.0 Å². The van der Waals surface area contributed by atoms with Crippen LogP contribution in [0.2, 0.25) is 0 Å². The molecule has 3 heterocycles. The molecule has 0 aromatic carbocycles. The number of imidazole rings is 1. The second kappa shape index (κ2) is 8.97. The van der Waals surface area contributed by atoms with Gasteiger partial charge in [0.2, 0.25) is 0 Å². The number of aromatic nitrogens is 2. The molecule has 146 valence electrons. The predicted octanol–water partition coefficient (Wildman–Crippen LogP) is 1.21. The lowest BCUT2D eigenvalue weighted by Crippen LogP contribution is -2.56. The SMILES string of the molecule is CCn1ccnc1CN1CC[C@@H](N2CCN(C)CC2)[C@@H](CCC(=O)O)C1. The fourth-order valence-electron chi connectivity index (χ4n) is 4.45. The fourth-order valence-corrected chi connectivity index (χ4v) is 4.45. The second-order valence-electron chi connectivity index (χ2n) is 7.75. The van der Waals surface area contributed by atoms with Crippen LogP contribution in [-0.4, -0.2) is 87.7 Å². The zero-order valence-electron chi connectivity index (χ0n) is 16.2. The summed E-state index contributed by atoms with van der Waals surface area (Å²) in [5, 5.41) is 9.17. The molecule has 0 unspecified atom stereocenters. The quantitative estimate of drug-likeness (QED) is 0.785. The van der Waals surface area contributed by atoms with Crippen LogP contribution in [0.1, 0.15) is 32.0 Å². The molecule has 0 spiro atoms. The Morgan fingerprint density at radius 1 is 1.27 bits per heavy atom. The number of likely N-dealkylation sites (N-methyl/N-ethyl adjacent to an activating group) is 1. The highest BCUT2D eigenvalue weighted by atomic mass is 16.4. The Morgan fingerprint density at radius 3 is 2.73 bits per heavy atom. The van der Waals surface area contributed by atoms with Crippen LogP contribution >= 0.6 is 0 Å². The molecule has 0 aliphatic carbocycles. The Morgan fingerprint density at radius 2 is 2.04 bits per heavy atom. The molecule has 3 rings (SSSR count). The molecule has 1 N–H and O–H groups in total. The summed E-state index contributed by atoms with van der Waals surface area (Å²) in [4.78, 5) is 23.1. The summed E-state index contributed by atoms with van der Waals surface area (Å²) < 4.78 is 2.19. The lowest BCUT2D eigenvalue weighted by atomic mass is 9.86. The van der Waals surface area contributed by atoms with Crippen molar-refractivity contribution in [3.63, 3.8) is 0 Å². The number of aliphatic carboxylic acids is 1. The molecule has 2 aliphatic heterocycles. The minimum Gasteiger partial charge on any atom is -0.481 e. The molecule has 2 atom stereocenters. The zero-order chi connectivity index (χ0) is 18.5. The summed E-state index contributed by atoms with van der Waals surface area (Å²) in [7, 11) is 2.18. The Labute approximate surface area is 156 Å². The van der Waals surface area contributed by atoms with E-state index in [0.717, 1.165) is 71.0 Å². The van der Waals surface area contributed by atoms with E-state index in [1.54, 1.807) is 0 Å². The number of hydrogen-bond donors (Lipinski definition) is 1. The third kappa shape index (κ3) is 4.84. The molecule has 2 fully saturated rings. The number of carboxylic acid groups (broad SMARTS) is 1. The number of hydrogen-bond acceptors (Lipinski definition) is 5. The molecular weight excluding hydrogens is 330 g/mol. The minimum absolute atomic E-state index is 0.270. The van der Waals surface area contributed by atoms with Crippen molar-refractivity contribution in [2.75, 3.05) is 46.3 Å². The number of nitrogens with zero attached hydrogens (tertiary/aromatic N) is 5. The number of likely N-dealkylation sites (tertiary alicyclic amines) is 1. The highest BCUT2D eigenvalue weighted by molar-refractivity contribution is 5.66. The van der Waals surface area contributed by atoms with Gasteiger partial charge in [-0.2, -0.15) is 0 Å². The summed E-state index contributed by atoms with van der Waals surface area (Å²) in [6, 6.07) is 0.519. The Balaban J connectivity index is 1.63. The van der Waals surface area contributed by atoms with Gasteiger partial charge in [-0.05, 0) is 32.7 Å². The Bertz CT molecular complexity index is 582. The smallest absolute Gasteiger partial charge is 0.303 e. The Hall–Kier alpha value is -1.44. The van der Waals surface area contributed by atoms with Crippen LogP contribution in [0.15, 0.2) is 12.4 Å². The van der Waals surface area contributed by atoms with Crippen molar-refractivity contribution in [1.82, 2.24) is 24.3 Å². The van der Waals surface area contributed by atoms with Gasteiger partial charge in [-0.1, -0.05) is 0 Å². The number of aryl methyl sites for hydroxylation is 1. The molecule has 26 heavy (non-hydrogen) atoms. The Kier molecular flexibility index (Phi) is 6.67. The van der Waals surface area contributed by atoms with Crippen molar-refractivity contribution < 1.29 is 9.90 Å². The van der Waals surface area contributed by atoms with Gasteiger partial charge >= 0.3 is 5.97 Å². The van der Waals surface area contributed by atoms with Gasteiger partial charge in [0.1, 0.15) is 5.82 Å². The average Bonchev–Trinajstić information content (AvgIpc) is 3.08. The van der Waals surface area contributed by atoms with E-state index >= 15 is 0 Å². The number of rotatable bonds is 7. The summed E-state index contributed by atoms with van der Waals surface area (Å²) in [6.45, 7) is 10.4. The monoisotopic (exact) mass is 363 g/mol. The molecule has 0 amide bonds. The summed E-state index contributed by atoms with van der Waals surface area (Å²) in [5.41, 5.74) is 0. The molecule has 0 saturated carbocycles. The van der Waals surface area contributed by atoms with Crippen LogP contribution in [-0.2, 0) is 17.9 Å². The number of carboxylic acids is 1. The van der Waals surface area contributed by atoms with Crippen LogP contribution < -0.4 is 0 Å². The molecule has 0 bridgehead atoms. The zero-order valence-corrected chi connectivity index (χ0v) is 16.2. The lowest BCUT2D eigenvalue weighted by Gasteiger charge is -2.46. The van der Waals surface area contributed by atoms with Gasteiger partial charge in [0, 0.05) is 70.7 Å². The highest BCUT2D eigenvalue weighted by Gasteiger charge is 2.34. The van der Waals surface area contributed by atoms with Crippen molar-refractivity contribution in [3.05, 3.63) is 18.2 Å². The van der Waals surface area contributed by atoms with Crippen LogP contribution in [0.4, 0.5) is 0 Å². The summed E-state index contributed by atoms with van der Waals surface area (Å²) in [5.74, 6) is 0.858. The molecule has 2 saturated heterocycles. The first-order valence-corrected chi connectivity index (χ1v) is 9.93. The van der Waals surface area contributed by atoms with E-state index in [1.807, 2.05) is 12.4 Å². The van der Waals surface area contributed by atoms with E-state index in [4.69, 9.17) is 5.11 Å². The predicted molar refractivity (Wildman–Crippen MR) is 101 cm³/mol. The van der Waals surface area contributed by atoms with Crippen LogP contribution in [0.3, 0.4) is 0 Å². The summed E-state index contributed by atoms with van der Waals surface area (Å²) >= 11 is 0. The fraction of sp³-hybridized carbons (Fsp3) is 0.789. The van der Waals surface area contributed by atoms with Gasteiger partial charge in [0.05, 0.1) is 6.54 Å². The van der Waals surface area contributed by atoms with E-state index in [-0.39, 0.29) is 6.42 Å². The molecular formula is C19H33N5O2. The lowest BCUT2D eigenvalue weighted by molar-refractivity contribution is -0.137. The first kappa shape index (κ1) is 19.3.